The highest BCUT2D eigenvalue weighted by atomic mass is 16.3. The van der Waals surface area contributed by atoms with Gasteiger partial charge in [0.25, 0.3) is 6.33 Å². The molecule has 5 heterocycles. The first-order valence-corrected chi connectivity index (χ1v) is 6.13. The molecule has 1 aliphatic rings. The number of rotatable bonds is 0. The van der Waals surface area contributed by atoms with Gasteiger partial charge in [-0.25, -0.2) is 4.57 Å². The van der Waals surface area contributed by atoms with Crippen LogP contribution in [0.4, 0.5) is 0 Å². The van der Waals surface area contributed by atoms with E-state index in [2.05, 4.69) is 26.9 Å². The standard InChI is InChI=1S/C14H9N4O/c1-2-9-10(16-4-1)7-17-8-18-11-6-15-5-3-12(11)19-14(18)13(9)17/h1-6,8H,7H2/q+1. The van der Waals surface area contributed by atoms with Crippen LogP contribution in [0.1, 0.15) is 5.69 Å². The van der Waals surface area contributed by atoms with Crippen molar-refractivity contribution in [3.8, 4) is 11.3 Å². The minimum absolute atomic E-state index is 0.796. The third kappa shape index (κ3) is 1.03. The molecule has 0 N–H and O–H groups in total. The first kappa shape index (κ1) is 9.27. The molecule has 0 aromatic carbocycles. The van der Waals surface area contributed by atoms with Crippen molar-refractivity contribution in [1.29, 1.82) is 0 Å². The van der Waals surface area contributed by atoms with Crippen LogP contribution in [0.2, 0.25) is 0 Å². The van der Waals surface area contributed by atoms with Crippen molar-refractivity contribution >= 4 is 16.8 Å². The third-order valence-electron chi connectivity index (χ3n) is 3.66. The average molecular weight is 249 g/mol. The highest BCUT2D eigenvalue weighted by Gasteiger charge is 2.33. The average Bonchev–Trinajstić information content (AvgIpc) is 3.05. The van der Waals surface area contributed by atoms with Crippen molar-refractivity contribution in [2.24, 2.45) is 0 Å². The number of hydrogen-bond acceptors (Lipinski definition) is 3. The van der Waals surface area contributed by atoms with Crippen LogP contribution in [-0.2, 0) is 6.54 Å². The fourth-order valence-corrected chi connectivity index (χ4v) is 2.83. The molecule has 0 spiro atoms. The zero-order valence-corrected chi connectivity index (χ0v) is 9.95. The number of imidazole rings is 1. The SMILES string of the molecule is c1cnc2c(c1)-c1c3oc4ccncc4n3c[n+]1C2. The van der Waals surface area contributed by atoms with Gasteiger partial charge in [-0.05, 0) is 12.1 Å². The number of oxazole rings is 1. The van der Waals surface area contributed by atoms with Crippen LogP contribution in [0, 0.1) is 0 Å². The van der Waals surface area contributed by atoms with Gasteiger partial charge >= 0.3 is 5.71 Å². The summed E-state index contributed by atoms with van der Waals surface area (Å²) in [5.74, 6) is 0. The Bertz CT molecular complexity index is 951. The van der Waals surface area contributed by atoms with E-state index in [-0.39, 0.29) is 0 Å². The number of aromatic nitrogens is 4. The minimum atomic E-state index is 0.796. The quantitative estimate of drug-likeness (QED) is 0.393. The summed E-state index contributed by atoms with van der Waals surface area (Å²) in [5, 5.41) is 0. The van der Waals surface area contributed by atoms with E-state index in [0.717, 1.165) is 40.3 Å². The Balaban J connectivity index is 1.97. The predicted molar refractivity (Wildman–Crippen MR) is 67.5 cm³/mol. The summed E-state index contributed by atoms with van der Waals surface area (Å²) in [4.78, 5) is 8.58. The van der Waals surface area contributed by atoms with Gasteiger partial charge in [-0.15, -0.1) is 0 Å². The van der Waals surface area contributed by atoms with Gasteiger partial charge in [-0.3, -0.25) is 9.97 Å². The Morgan fingerprint density at radius 1 is 1.26 bits per heavy atom. The summed E-state index contributed by atoms with van der Waals surface area (Å²) in [5.41, 5.74) is 6.04. The fraction of sp³-hybridized carbons (Fsp3) is 0.0714. The lowest BCUT2D eigenvalue weighted by atomic mass is 10.2. The summed E-state index contributed by atoms with van der Waals surface area (Å²) in [6.45, 7) is 0.796. The van der Waals surface area contributed by atoms with E-state index in [1.807, 2.05) is 28.9 Å². The Morgan fingerprint density at radius 3 is 3.26 bits per heavy atom. The van der Waals surface area contributed by atoms with E-state index in [1.165, 1.54) is 0 Å². The van der Waals surface area contributed by atoms with Crippen LogP contribution in [0.5, 0.6) is 0 Å². The Kier molecular flexibility index (Phi) is 1.46. The fourth-order valence-electron chi connectivity index (χ4n) is 2.83. The third-order valence-corrected chi connectivity index (χ3v) is 3.66. The second-order valence-electron chi connectivity index (χ2n) is 4.71. The molecule has 5 rings (SSSR count). The van der Waals surface area contributed by atoms with E-state index in [4.69, 9.17) is 4.42 Å². The molecule has 0 saturated heterocycles. The molecule has 0 unspecified atom stereocenters. The Hall–Kier alpha value is -2.69. The summed E-state index contributed by atoms with van der Waals surface area (Å²) >= 11 is 0. The first-order chi connectivity index (χ1) is 9.42. The van der Waals surface area contributed by atoms with E-state index >= 15 is 0 Å². The van der Waals surface area contributed by atoms with Gasteiger partial charge in [0.1, 0.15) is 6.54 Å². The van der Waals surface area contributed by atoms with E-state index in [0.29, 0.717) is 0 Å². The molecule has 0 fully saturated rings. The van der Waals surface area contributed by atoms with Crippen molar-refractivity contribution in [1.82, 2.24) is 14.4 Å². The second kappa shape index (κ2) is 3.00. The van der Waals surface area contributed by atoms with Crippen molar-refractivity contribution < 1.29 is 8.98 Å². The Morgan fingerprint density at radius 2 is 2.26 bits per heavy atom. The summed E-state index contributed by atoms with van der Waals surface area (Å²) < 4.78 is 10.2. The number of fused-ring (bicyclic) bond motifs is 7. The van der Waals surface area contributed by atoms with Crippen LogP contribution in [0.25, 0.3) is 28.1 Å². The van der Waals surface area contributed by atoms with Gasteiger partial charge in [0.2, 0.25) is 5.69 Å². The van der Waals surface area contributed by atoms with Gasteiger partial charge in [0.05, 0.1) is 17.5 Å². The molecule has 0 radical (unpaired) electrons. The van der Waals surface area contributed by atoms with E-state index in [1.54, 1.807) is 6.20 Å². The topological polar surface area (TPSA) is 47.2 Å². The summed E-state index contributed by atoms with van der Waals surface area (Å²) in [6.07, 6.45) is 7.46. The van der Waals surface area contributed by atoms with E-state index < -0.39 is 0 Å². The maximum absolute atomic E-state index is 5.97. The molecule has 1 aliphatic heterocycles. The lowest BCUT2D eigenvalue weighted by Crippen LogP contribution is -2.29. The van der Waals surface area contributed by atoms with Gasteiger partial charge in [-0.1, -0.05) is 0 Å². The molecule has 0 amide bonds. The number of pyridine rings is 2. The molecule has 90 valence electrons. The number of nitrogens with zero attached hydrogens (tertiary/aromatic N) is 4. The first-order valence-electron chi connectivity index (χ1n) is 6.13. The van der Waals surface area contributed by atoms with Crippen molar-refractivity contribution in [2.45, 2.75) is 6.54 Å². The molecular weight excluding hydrogens is 240 g/mol. The van der Waals surface area contributed by atoms with E-state index in [9.17, 15) is 0 Å². The van der Waals surface area contributed by atoms with Crippen LogP contribution in [0.15, 0.2) is 47.5 Å². The molecule has 0 bridgehead atoms. The summed E-state index contributed by atoms with van der Waals surface area (Å²) in [6, 6.07) is 5.94. The smallest absolute Gasteiger partial charge is 0.344 e. The highest BCUT2D eigenvalue weighted by Crippen LogP contribution is 2.32. The normalized spacial score (nSPS) is 13.1. The maximum Gasteiger partial charge on any atom is 0.344 e. The van der Waals surface area contributed by atoms with Crippen LogP contribution < -0.4 is 4.57 Å². The maximum atomic E-state index is 5.97. The van der Waals surface area contributed by atoms with Crippen LogP contribution in [0.3, 0.4) is 0 Å². The number of hydrogen-bond donors (Lipinski definition) is 0. The Labute approximate surface area is 107 Å². The highest BCUT2D eigenvalue weighted by molar-refractivity contribution is 5.82. The minimum Gasteiger partial charge on any atom is -0.415 e. The largest absolute Gasteiger partial charge is 0.415 e. The predicted octanol–water partition coefficient (Wildman–Crippen LogP) is 1.79. The van der Waals surface area contributed by atoms with Gasteiger partial charge < -0.3 is 4.42 Å². The molecular formula is C14H9N4O+. The van der Waals surface area contributed by atoms with Crippen molar-refractivity contribution in [3.05, 3.63) is 48.8 Å². The zero-order chi connectivity index (χ0) is 12.4. The van der Waals surface area contributed by atoms with Gasteiger partial charge in [0, 0.05) is 18.5 Å². The molecule has 5 heteroatoms. The second-order valence-corrected chi connectivity index (χ2v) is 4.71. The molecule has 4 aromatic heterocycles. The van der Waals surface area contributed by atoms with Crippen LogP contribution >= 0.6 is 0 Å². The summed E-state index contributed by atoms with van der Waals surface area (Å²) in [7, 11) is 0. The lowest BCUT2D eigenvalue weighted by Gasteiger charge is -1.90. The van der Waals surface area contributed by atoms with Crippen molar-refractivity contribution in [3.63, 3.8) is 0 Å². The van der Waals surface area contributed by atoms with Crippen molar-refractivity contribution in [2.75, 3.05) is 0 Å². The zero-order valence-electron chi connectivity index (χ0n) is 9.95. The van der Waals surface area contributed by atoms with Crippen LogP contribution in [-0.4, -0.2) is 14.4 Å². The lowest BCUT2D eigenvalue weighted by molar-refractivity contribution is -0.671. The molecule has 19 heavy (non-hydrogen) atoms. The molecule has 0 atom stereocenters. The molecule has 0 aliphatic carbocycles. The molecule has 4 aromatic rings. The molecule has 5 nitrogen and oxygen atoms in total. The van der Waals surface area contributed by atoms with Gasteiger partial charge in [-0.2, -0.15) is 4.40 Å². The van der Waals surface area contributed by atoms with Gasteiger partial charge in [0.15, 0.2) is 11.1 Å². The molecule has 0 saturated carbocycles. The monoisotopic (exact) mass is 249 g/mol.